The number of carbonyl (C=O) groups is 3. The molecule has 198 valence electrons. The summed E-state index contributed by atoms with van der Waals surface area (Å²) in [6.07, 6.45) is 10.9. The first-order valence-corrected chi connectivity index (χ1v) is 14.9. The summed E-state index contributed by atoms with van der Waals surface area (Å²) in [6.45, 7) is 15.7. The number of ketones is 2. The molecule has 5 heteroatoms. The maximum absolute atomic E-state index is 14.3. The van der Waals surface area contributed by atoms with Gasteiger partial charge in [0, 0.05) is 16.7 Å². The fraction of sp³-hybridized carbons (Fsp3) is 0.774. The van der Waals surface area contributed by atoms with Gasteiger partial charge in [-0.05, 0) is 109 Å². The lowest BCUT2D eigenvalue weighted by Gasteiger charge is -2.69. The molecule has 5 rings (SSSR count). The van der Waals surface area contributed by atoms with Crippen LogP contribution < -0.4 is 0 Å². The summed E-state index contributed by atoms with van der Waals surface area (Å²) in [5.74, 6) is 0.555. The van der Waals surface area contributed by atoms with Crippen molar-refractivity contribution in [3.63, 3.8) is 0 Å². The van der Waals surface area contributed by atoms with Gasteiger partial charge in [-0.25, -0.2) is 0 Å². The third-order valence-electron chi connectivity index (χ3n) is 12.5. The number of allylic oxidation sites excluding steroid dienone is 4. The summed E-state index contributed by atoms with van der Waals surface area (Å²) in [7, 11) is 1.49. The number of rotatable bonds is 1. The molecule has 2 unspecified atom stereocenters. The number of Topliss-reactive ketones (excluding diaryl/α,β-unsaturated/α-hetero) is 1. The Morgan fingerprint density at radius 1 is 0.972 bits per heavy atom. The minimum atomic E-state index is -0.505. The highest BCUT2D eigenvalue weighted by atomic mass is 127. The van der Waals surface area contributed by atoms with E-state index in [1.807, 2.05) is 6.08 Å². The van der Waals surface area contributed by atoms with Gasteiger partial charge < -0.3 is 4.74 Å². The molecule has 0 radical (unpaired) electrons. The fourth-order valence-electron chi connectivity index (χ4n) is 10.1. The second-order valence-corrected chi connectivity index (χ2v) is 15.8. The predicted molar refractivity (Wildman–Crippen MR) is 149 cm³/mol. The summed E-state index contributed by atoms with van der Waals surface area (Å²) < 4.78 is 6.03. The Kier molecular flexibility index (Phi) is 5.76. The van der Waals surface area contributed by atoms with Crippen molar-refractivity contribution in [2.75, 3.05) is 7.11 Å². The van der Waals surface area contributed by atoms with Crippen molar-refractivity contribution in [1.29, 1.82) is 0 Å². The summed E-state index contributed by atoms with van der Waals surface area (Å²) in [5.41, 5.74) is -0.221. The predicted octanol–water partition coefficient (Wildman–Crippen LogP) is 7.25. The number of fused-ring (bicyclic) bond motifs is 7. The molecular formula is C31H43IO4. The zero-order chi connectivity index (χ0) is 26.7. The molecule has 0 spiro atoms. The number of halogens is 1. The van der Waals surface area contributed by atoms with E-state index in [0.717, 1.165) is 48.5 Å². The van der Waals surface area contributed by atoms with Crippen LogP contribution in [0.15, 0.2) is 21.3 Å². The van der Waals surface area contributed by atoms with E-state index in [1.165, 1.54) is 12.7 Å². The molecular weight excluding hydrogens is 563 g/mol. The van der Waals surface area contributed by atoms with E-state index >= 15 is 0 Å². The van der Waals surface area contributed by atoms with Crippen LogP contribution in [0.5, 0.6) is 0 Å². The molecule has 5 aliphatic rings. The monoisotopic (exact) mass is 606 g/mol. The van der Waals surface area contributed by atoms with Gasteiger partial charge in [0.05, 0.1) is 16.1 Å². The molecule has 0 aromatic carbocycles. The van der Waals surface area contributed by atoms with Gasteiger partial charge in [-0.3, -0.25) is 14.4 Å². The topological polar surface area (TPSA) is 60.4 Å². The normalized spacial score (nSPS) is 49.5. The van der Waals surface area contributed by atoms with Crippen molar-refractivity contribution in [1.82, 2.24) is 0 Å². The zero-order valence-corrected chi connectivity index (χ0v) is 25.5. The van der Waals surface area contributed by atoms with Crippen LogP contribution in [0.25, 0.3) is 0 Å². The number of esters is 1. The third-order valence-corrected chi connectivity index (χ3v) is 13.3. The molecule has 0 aromatic rings. The number of hydrogen-bond acceptors (Lipinski definition) is 4. The van der Waals surface area contributed by atoms with Gasteiger partial charge in [0.1, 0.15) is 0 Å². The molecule has 0 heterocycles. The van der Waals surface area contributed by atoms with E-state index < -0.39 is 10.8 Å². The van der Waals surface area contributed by atoms with E-state index in [-0.39, 0.29) is 56.9 Å². The van der Waals surface area contributed by atoms with Gasteiger partial charge in [0.15, 0.2) is 11.6 Å². The molecule has 5 aliphatic carbocycles. The molecule has 3 saturated carbocycles. The van der Waals surface area contributed by atoms with Crippen molar-refractivity contribution < 1.29 is 19.1 Å². The maximum Gasteiger partial charge on any atom is 0.311 e. The lowest BCUT2D eigenvalue weighted by Crippen LogP contribution is -2.65. The number of hydrogen-bond donors (Lipinski definition) is 0. The summed E-state index contributed by atoms with van der Waals surface area (Å²) in [4.78, 5) is 40.4. The molecule has 3 fully saturated rings. The van der Waals surface area contributed by atoms with E-state index in [2.05, 4.69) is 77.1 Å². The fourth-order valence-corrected chi connectivity index (χ4v) is 11.4. The summed E-state index contributed by atoms with van der Waals surface area (Å²) >= 11 is 2.20. The summed E-state index contributed by atoms with van der Waals surface area (Å²) in [5, 5.41) is 0. The van der Waals surface area contributed by atoms with Crippen LogP contribution in [0.2, 0.25) is 0 Å². The average molecular weight is 607 g/mol. The highest BCUT2D eigenvalue weighted by molar-refractivity contribution is 14.1. The van der Waals surface area contributed by atoms with Gasteiger partial charge >= 0.3 is 5.97 Å². The van der Waals surface area contributed by atoms with E-state index in [0.29, 0.717) is 0 Å². The van der Waals surface area contributed by atoms with Crippen molar-refractivity contribution in [3.05, 3.63) is 21.3 Å². The molecule has 0 bridgehead atoms. The lowest BCUT2D eigenvalue weighted by atomic mass is 9.34. The molecule has 0 aliphatic heterocycles. The number of carbonyl (C=O) groups excluding carboxylic acids is 3. The van der Waals surface area contributed by atoms with E-state index in [1.54, 1.807) is 0 Å². The highest BCUT2D eigenvalue weighted by Gasteiger charge is 2.70. The maximum atomic E-state index is 14.3. The molecule has 0 saturated heterocycles. The first-order chi connectivity index (χ1) is 16.5. The Balaban J connectivity index is 1.65. The first kappa shape index (κ1) is 26.6. The molecule has 0 amide bonds. The number of ether oxygens (including phenoxy) is 1. The van der Waals surface area contributed by atoms with Crippen LogP contribution in [-0.4, -0.2) is 24.6 Å². The molecule has 36 heavy (non-hydrogen) atoms. The minimum absolute atomic E-state index is 0.108. The quantitative estimate of drug-likeness (QED) is 0.233. The van der Waals surface area contributed by atoms with Crippen LogP contribution in [0.3, 0.4) is 0 Å². The smallest absolute Gasteiger partial charge is 0.311 e. The molecule has 0 aromatic heterocycles. The van der Waals surface area contributed by atoms with Crippen molar-refractivity contribution in [3.8, 4) is 0 Å². The van der Waals surface area contributed by atoms with E-state index in [9.17, 15) is 14.4 Å². The minimum Gasteiger partial charge on any atom is -0.469 e. The second kappa shape index (κ2) is 7.79. The van der Waals surface area contributed by atoms with Gasteiger partial charge in [0.2, 0.25) is 0 Å². The Labute approximate surface area is 230 Å². The van der Waals surface area contributed by atoms with Crippen LogP contribution in [0.4, 0.5) is 0 Å². The van der Waals surface area contributed by atoms with Gasteiger partial charge in [-0.1, -0.05) is 53.2 Å². The second-order valence-electron chi connectivity index (χ2n) is 14.6. The van der Waals surface area contributed by atoms with Crippen LogP contribution in [0, 0.1) is 50.2 Å². The molecule has 0 N–H and O–H groups in total. The van der Waals surface area contributed by atoms with Crippen molar-refractivity contribution in [2.24, 2.45) is 50.2 Å². The van der Waals surface area contributed by atoms with Crippen LogP contribution >= 0.6 is 22.6 Å². The first-order valence-electron chi connectivity index (χ1n) is 13.8. The average Bonchev–Trinajstić information content (AvgIpc) is 2.79. The number of methoxy groups -OCH3 is 1. The van der Waals surface area contributed by atoms with Gasteiger partial charge in [-0.2, -0.15) is 0 Å². The van der Waals surface area contributed by atoms with Gasteiger partial charge in [0.25, 0.3) is 0 Å². The highest BCUT2D eigenvalue weighted by Crippen LogP contribution is 2.74. The standard InChI is InChI=1S/C31H43IO4/c1-26(2)22-9-10-31(7)23(29(22,5)17-20(32)24(26)34)21(33)15-18-19-16-28(4,25(35)36-8)12-11-27(19,3)13-14-30(18,31)6/h15,17,19,22-23H,9-14,16H2,1-8H3/t19-,22-,23+,27+,28-,29?,30+,31?/m0/s1. The third kappa shape index (κ3) is 3.13. The zero-order valence-electron chi connectivity index (χ0n) is 23.3. The molecule has 4 nitrogen and oxygen atoms in total. The summed E-state index contributed by atoms with van der Waals surface area (Å²) in [6, 6.07) is 0. The van der Waals surface area contributed by atoms with Crippen LogP contribution in [-0.2, 0) is 19.1 Å². The molecule has 8 atom stereocenters. The van der Waals surface area contributed by atoms with Crippen molar-refractivity contribution >= 4 is 40.1 Å². The Morgan fingerprint density at radius 2 is 1.61 bits per heavy atom. The Hall–Kier alpha value is -0.980. The lowest BCUT2D eigenvalue weighted by molar-refractivity contribution is -0.172. The Morgan fingerprint density at radius 3 is 2.25 bits per heavy atom. The SMILES string of the molecule is COC(=O)[C@@]1(C)CC[C@]2(C)CC[C@]3(C)C(=CC(=O)[C@@H]4C5(C)C=C(I)C(=O)C(C)(C)[C@@H]5CCC43C)[C@@H]2C1. The Bertz CT molecular complexity index is 1120. The van der Waals surface area contributed by atoms with Gasteiger partial charge in [-0.15, -0.1) is 0 Å². The van der Waals surface area contributed by atoms with E-state index in [4.69, 9.17) is 4.74 Å². The van der Waals surface area contributed by atoms with Crippen LogP contribution in [0.1, 0.15) is 93.4 Å². The van der Waals surface area contributed by atoms with Crippen molar-refractivity contribution in [2.45, 2.75) is 93.4 Å². The largest absolute Gasteiger partial charge is 0.469 e.